The smallest absolute Gasteiger partial charge is 0.339 e. The molecule has 0 radical (unpaired) electrons. The van der Waals surface area contributed by atoms with Crippen LogP contribution in [0.15, 0.2) is 23.6 Å². The molecule has 1 aliphatic rings. The lowest BCUT2D eigenvalue weighted by molar-refractivity contribution is -0.126. The summed E-state index contributed by atoms with van der Waals surface area (Å²) in [4.78, 5) is 37.1. The van der Waals surface area contributed by atoms with Crippen LogP contribution >= 0.6 is 11.3 Å². The Hall–Kier alpha value is -2.81. The summed E-state index contributed by atoms with van der Waals surface area (Å²) < 4.78 is 31.0. The second-order valence-corrected chi connectivity index (χ2v) is 7.89. The van der Waals surface area contributed by atoms with Gasteiger partial charge < -0.3 is 15.4 Å². The minimum atomic E-state index is -1.09. The Labute approximate surface area is 170 Å². The second-order valence-electron chi connectivity index (χ2n) is 6.93. The van der Waals surface area contributed by atoms with E-state index >= 15 is 0 Å². The highest BCUT2D eigenvalue weighted by atomic mass is 32.1. The number of rotatable bonds is 6. The molecule has 29 heavy (non-hydrogen) atoms. The SMILES string of the molecule is CC1CCc2c(C(=O)OCC(=O)NCC(=O)Nc3ccc(F)c(F)c3)csc2C1. The Morgan fingerprint density at radius 2 is 2.00 bits per heavy atom. The van der Waals surface area contributed by atoms with Gasteiger partial charge >= 0.3 is 5.97 Å². The predicted octanol–water partition coefficient (Wildman–Crippen LogP) is 3.06. The minimum absolute atomic E-state index is 0.0612. The number of benzene rings is 1. The number of fused-ring (bicyclic) bond motifs is 1. The molecule has 0 saturated heterocycles. The quantitative estimate of drug-likeness (QED) is 0.701. The molecule has 2 N–H and O–H groups in total. The van der Waals surface area contributed by atoms with Crippen LogP contribution in [0.4, 0.5) is 14.5 Å². The zero-order valence-corrected chi connectivity index (χ0v) is 16.5. The van der Waals surface area contributed by atoms with Gasteiger partial charge in [0.15, 0.2) is 18.2 Å². The van der Waals surface area contributed by atoms with Gasteiger partial charge in [-0.1, -0.05) is 6.92 Å². The third-order valence-electron chi connectivity index (χ3n) is 4.61. The molecule has 1 aliphatic carbocycles. The third-order valence-corrected chi connectivity index (χ3v) is 5.66. The summed E-state index contributed by atoms with van der Waals surface area (Å²) in [6.07, 6.45) is 2.78. The molecule has 2 amide bonds. The Balaban J connectivity index is 1.43. The van der Waals surface area contributed by atoms with Gasteiger partial charge in [0.1, 0.15) is 0 Å². The number of halogens is 2. The van der Waals surface area contributed by atoms with Gasteiger partial charge in [-0.25, -0.2) is 13.6 Å². The highest BCUT2D eigenvalue weighted by Crippen LogP contribution is 2.33. The molecular formula is C20H20F2N2O4S. The molecule has 0 spiro atoms. The molecule has 2 aromatic rings. The van der Waals surface area contributed by atoms with Crippen molar-refractivity contribution in [3.63, 3.8) is 0 Å². The molecule has 3 rings (SSSR count). The summed E-state index contributed by atoms with van der Waals surface area (Å²) in [6.45, 7) is 1.26. The van der Waals surface area contributed by atoms with Gasteiger partial charge in [-0.05, 0) is 42.9 Å². The van der Waals surface area contributed by atoms with Gasteiger partial charge in [0.2, 0.25) is 5.91 Å². The van der Waals surface area contributed by atoms with Crippen LogP contribution in [-0.2, 0) is 27.2 Å². The van der Waals surface area contributed by atoms with Crippen molar-refractivity contribution in [3.8, 4) is 0 Å². The Morgan fingerprint density at radius 3 is 2.76 bits per heavy atom. The van der Waals surface area contributed by atoms with Crippen LogP contribution in [0.1, 0.15) is 34.1 Å². The van der Waals surface area contributed by atoms with Crippen LogP contribution in [0.25, 0.3) is 0 Å². The summed E-state index contributed by atoms with van der Waals surface area (Å²) in [5, 5.41) is 6.39. The summed E-state index contributed by atoms with van der Waals surface area (Å²) in [7, 11) is 0. The van der Waals surface area contributed by atoms with E-state index in [1.807, 2.05) is 0 Å². The molecule has 154 valence electrons. The highest BCUT2D eigenvalue weighted by molar-refractivity contribution is 7.10. The number of hydrogen-bond donors (Lipinski definition) is 2. The van der Waals surface area contributed by atoms with E-state index in [1.54, 1.807) is 5.38 Å². The van der Waals surface area contributed by atoms with E-state index in [9.17, 15) is 23.2 Å². The largest absolute Gasteiger partial charge is 0.452 e. The van der Waals surface area contributed by atoms with Gasteiger partial charge in [-0.15, -0.1) is 11.3 Å². The van der Waals surface area contributed by atoms with Crippen molar-refractivity contribution in [2.45, 2.75) is 26.2 Å². The Morgan fingerprint density at radius 1 is 1.21 bits per heavy atom. The number of amides is 2. The first-order chi connectivity index (χ1) is 13.8. The Bertz CT molecular complexity index is 945. The number of hydrogen-bond acceptors (Lipinski definition) is 5. The molecule has 0 aliphatic heterocycles. The fourth-order valence-corrected chi connectivity index (χ4v) is 4.30. The predicted molar refractivity (Wildman–Crippen MR) is 104 cm³/mol. The van der Waals surface area contributed by atoms with E-state index in [-0.39, 0.29) is 5.69 Å². The van der Waals surface area contributed by atoms with Crippen LogP contribution < -0.4 is 10.6 Å². The molecular weight excluding hydrogens is 402 g/mol. The first-order valence-corrected chi connectivity index (χ1v) is 9.99. The van der Waals surface area contributed by atoms with E-state index < -0.39 is 42.6 Å². The highest BCUT2D eigenvalue weighted by Gasteiger charge is 2.24. The molecule has 1 unspecified atom stereocenters. The van der Waals surface area contributed by atoms with E-state index in [2.05, 4.69) is 17.6 Å². The molecule has 9 heteroatoms. The zero-order valence-electron chi connectivity index (χ0n) is 15.7. The van der Waals surface area contributed by atoms with E-state index in [4.69, 9.17) is 4.74 Å². The average Bonchev–Trinajstić information content (AvgIpc) is 3.10. The molecule has 6 nitrogen and oxygen atoms in total. The number of carbonyl (C=O) groups is 3. The summed E-state index contributed by atoms with van der Waals surface area (Å²) in [5.41, 5.74) is 1.57. The van der Waals surface area contributed by atoms with Crippen molar-refractivity contribution in [1.82, 2.24) is 5.32 Å². The van der Waals surface area contributed by atoms with Crippen molar-refractivity contribution >= 4 is 34.8 Å². The van der Waals surface area contributed by atoms with E-state index in [0.717, 1.165) is 37.0 Å². The van der Waals surface area contributed by atoms with Crippen LogP contribution in [-0.4, -0.2) is 30.9 Å². The zero-order chi connectivity index (χ0) is 21.0. The maximum Gasteiger partial charge on any atom is 0.339 e. The van der Waals surface area contributed by atoms with Gasteiger partial charge in [-0.3, -0.25) is 9.59 Å². The minimum Gasteiger partial charge on any atom is -0.452 e. The fraction of sp³-hybridized carbons (Fsp3) is 0.350. The number of nitrogens with one attached hydrogen (secondary N) is 2. The lowest BCUT2D eigenvalue weighted by atomic mass is 9.88. The van der Waals surface area contributed by atoms with E-state index in [0.29, 0.717) is 11.5 Å². The Kier molecular flexibility index (Phi) is 6.58. The molecule has 1 atom stereocenters. The molecule has 0 fully saturated rings. The average molecular weight is 422 g/mol. The first kappa shape index (κ1) is 20.9. The maximum absolute atomic E-state index is 13.1. The van der Waals surface area contributed by atoms with Gasteiger partial charge in [-0.2, -0.15) is 0 Å². The summed E-state index contributed by atoms with van der Waals surface area (Å²) in [6, 6.07) is 2.91. The third kappa shape index (κ3) is 5.38. The van der Waals surface area contributed by atoms with Crippen LogP contribution in [0.3, 0.4) is 0 Å². The summed E-state index contributed by atoms with van der Waals surface area (Å²) in [5.74, 6) is -3.36. The fourth-order valence-electron chi connectivity index (χ4n) is 3.07. The monoisotopic (exact) mass is 422 g/mol. The van der Waals surface area contributed by atoms with Crippen molar-refractivity contribution in [2.24, 2.45) is 5.92 Å². The molecule has 1 aromatic heterocycles. The van der Waals surface area contributed by atoms with Crippen molar-refractivity contribution in [2.75, 3.05) is 18.5 Å². The van der Waals surface area contributed by atoms with Crippen LogP contribution in [0.5, 0.6) is 0 Å². The van der Waals surface area contributed by atoms with Crippen LogP contribution in [0.2, 0.25) is 0 Å². The summed E-state index contributed by atoms with van der Waals surface area (Å²) >= 11 is 1.53. The first-order valence-electron chi connectivity index (χ1n) is 9.11. The molecule has 0 saturated carbocycles. The molecule has 1 heterocycles. The number of thiophene rings is 1. The van der Waals surface area contributed by atoms with Gasteiger partial charge in [0.25, 0.3) is 5.91 Å². The lowest BCUT2D eigenvalue weighted by Gasteiger charge is -2.18. The number of esters is 1. The maximum atomic E-state index is 13.1. The van der Waals surface area contributed by atoms with Crippen molar-refractivity contribution < 1.29 is 27.9 Å². The number of anilines is 1. The van der Waals surface area contributed by atoms with E-state index in [1.165, 1.54) is 22.3 Å². The van der Waals surface area contributed by atoms with Crippen molar-refractivity contribution in [3.05, 3.63) is 51.2 Å². The standard InChI is InChI=1S/C20H20F2N2O4S/c1-11-2-4-13-14(10-29-17(13)6-11)20(27)28-9-19(26)23-8-18(25)24-12-3-5-15(21)16(22)7-12/h3,5,7,10-11H,2,4,6,8-9H2,1H3,(H,23,26)(H,24,25). The normalized spacial score (nSPS) is 15.3. The van der Waals surface area contributed by atoms with Gasteiger partial charge in [0, 0.05) is 22.0 Å². The lowest BCUT2D eigenvalue weighted by Crippen LogP contribution is -2.35. The van der Waals surface area contributed by atoms with Crippen LogP contribution in [0, 0.1) is 17.6 Å². The number of carbonyl (C=O) groups excluding carboxylic acids is 3. The van der Waals surface area contributed by atoms with Crippen molar-refractivity contribution in [1.29, 1.82) is 0 Å². The second kappa shape index (κ2) is 9.13. The topological polar surface area (TPSA) is 84.5 Å². The molecule has 1 aromatic carbocycles. The van der Waals surface area contributed by atoms with Gasteiger partial charge in [0.05, 0.1) is 12.1 Å². The molecule has 0 bridgehead atoms. The number of ether oxygens (including phenoxy) is 1.